The summed E-state index contributed by atoms with van der Waals surface area (Å²) in [6.45, 7) is 7.40. The van der Waals surface area contributed by atoms with Crippen molar-refractivity contribution >= 4 is 0 Å². The van der Waals surface area contributed by atoms with Crippen LogP contribution in [-0.4, -0.2) is 6.61 Å². The van der Waals surface area contributed by atoms with Crippen LogP contribution in [0.5, 0.6) is 0 Å². The van der Waals surface area contributed by atoms with Crippen LogP contribution >= 0.6 is 0 Å². The quantitative estimate of drug-likeness (QED) is 0.323. The first-order valence-electron chi connectivity index (χ1n) is 10.8. The van der Waals surface area contributed by atoms with Gasteiger partial charge in [0.15, 0.2) is 0 Å². The molecular weight excluding hydrogens is 340 g/mol. The molecule has 1 saturated carbocycles. The molecule has 0 bridgehead atoms. The third-order valence-corrected chi connectivity index (χ3v) is 5.95. The highest BCUT2D eigenvalue weighted by atomic mass is 16.5. The number of hydrogen-bond donors (Lipinski definition) is 0. The smallest absolute Gasteiger partial charge is 0.0717 e. The highest BCUT2D eigenvalue weighted by Crippen LogP contribution is 2.37. The van der Waals surface area contributed by atoms with Crippen LogP contribution in [-0.2, 0) is 11.3 Å². The topological polar surface area (TPSA) is 9.23 Å². The van der Waals surface area contributed by atoms with Crippen molar-refractivity contribution in [2.45, 2.75) is 58.0 Å². The van der Waals surface area contributed by atoms with Crippen molar-refractivity contribution in [3.8, 4) is 11.1 Å². The number of ether oxygens (including phenoxy) is 1. The second-order valence-corrected chi connectivity index (χ2v) is 7.97. The zero-order chi connectivity index (χ0) is 19.6. The predicted octanol–water partition coefficient (Wildman–Crippen LogP) is 7.69. The molecule has 0 aromatic heterocycles. The Bertz CT molecular complexity index is 731. The minimum Gasteiger partial charge on any atom is -0.376 e. The first-order valence-corrected chi connectivity index (χ1v) is 10.8. The normalized spacial score (nSPS) is 19.8. The Labute approximate surface area is 171 Å². The summed E-state index contributed by atoms with van der Waals surface area (Å²) in [5.74, 6) is 1.59. The zero-order valence-electron chi connectivity index (χ0n) is 17.3. The summed E-state index contributed by atoms with van der Waals surface area (Å²) in [6, 6.07) is 18.0. The fourth-order valence-electron chi connectivity index (χ4n) is 4.22. The van der Waals surface area contributed by atoms with Gasteiger partial charge in [-0.25, -0.2) is 0 Å². The lowest BCUT2D eigenvalue weighted by molar-refractivity contribution is 0.125. The van der Waals surface area contributed by atoms with E-state index in [1.54, 1.807) is 0 Å². The van der Waals surface area contributed by atoms with Crippen molar-refractivity contribution < 1.29 is 4.74 Å². The predicted molar refractivity (Wildman–Crippen MR) is 120 cm³/mol. The van der Waals surface area contributed by atoms with Crippen molar-refractivity contribution in [1.82, 2.24) is 0 Å². The Morgan fingerprint density at radius 3 is 2.18 bits per heavy atom. The largest absolute Gasteiger partial charge is 0.376 e. The molecule has 148 valence electrons. The van der Waals surface area contributed by atoms with Gasteiger partial charge in [0.1, 0.15) is 0 Å². The molecule has 0 heterocycles. The van der Waals surface area contributed by atoms with Gasteiger partial charge in [-0.15, -0.1) is 6.58 Å². The van der Waals surface area contributed by atoms with Gasteiger partial charge in [-0.05, 0) is 79.5 Å². The summed E-state index contributed by atoms with van der Waals surface area (Å²) >= 11 is 0. The molecular formula is C27H34O. The molecule has 3 rings (SSSR count). The first-order chi connectivity index (χ1) is 13.8. The maximum Gasteiger partial charge on any atom is 0.0717 e. The Morgan fingerprint density at radius 2 is 1.57 bits per heavy atom. The van der Waals surface area contributed by atoms with Crippen molar-refractivity contribution in [2.75, 3.05) is 6.61 Å². The third kappa shape index (κ3) is 5.94. The summed E-state index contributed by atoms with van der Waals surface area (Å²) in [5.41, 5.74) is 5.31. The van der Waals surface area contributed by atoms with Crippen molar-refractivity contribution in [1.29, 1.82) is 0 Å². The summed E-state index contributed by atoms with van der Waals surface area (Å²) < 4.78 is 5.72. The fourth-order valence-corrected chi connectivity index (χ4v) is 4.22. The van der Waals surface area contributed by atoms with E-state index in [0.29, 0.717) is 6.61 Å². The Hall–Kier alpha value is -2.12. The molecule has 0 radical (unpaired) electrons. The van der Waals surface area contributed by atoms with Gasteiger partial charge in [0, 0.05) is 0 Å². The van der Waals surface area contributed by atoms with Crippen LogP contribution in [0.1, 0.15) is 62.5 Å². The summed E-state index contributed by atoms with van der Waals surface area (Å²) in [4.78, 5) is 0. The van der Waals surface area contributed by atoms with E-state index < -0.39 is 0 Å². The van der Waals surface area contributed by atoms with Crippen LogP contribution in [0.15, 0.2) is 73.3 Å². The fraction of sp³-hybridized carbons (Fsp3) is 0.407. The third-order valence-electron chi connectivity index (χ3n) is 5.95. The summed E-state index contributed by atoms with van der Waals surface area (Å²) in [5, 5.41) is 0. The number of hydrogen-bond acceptors (Lipinski definition) is 1. The Kier molecular flexibility index (Phi) is 8.11. The molecule has 1 aliphatic carbocycles. The minimum atomic E-state index is 0.686. The Morgan fingerprint density at radius 1 is 0.929 bits per heavy atom. The van der Waals surface area contributed by atoms with E-state index in [1.807, 2.05) is 6.92 Å². The van der Waals surface area contributed by atoms with Crippen molar-refractivity contribution in [3.63, 3.8) is 0 Å². The van der Waals surface area contributed by atoms with E-state index in [9.17, 15) is 0 Å². The SMILES string of the molecule is C=CCC1CCC(c2ccc(-c3ccc(COCCC=CC)cc3)cc2)CC1. The molecule has 1 nitrogen and oxygen atoms in total. The van der Waals surface area contributed by atoms with Crippen LogP contribution in [0.4, 0.5) is 0 Å². The molecule has 0 atom stereocenters. The monoisotopic (exact) mass is 374 g/mol. The van der Waals surface area contributed by atoms with Crippen LogP contribution in [0.25, 0.3) is 11.1 Å². The van der Waals surface area contributed by atoms with Gasteiger partial charge < -0.3 is 4.74 Å². The van der Waals surface area contributed by atoms with Gasteiger partial charge in [0.2, 0.25) is 0 Å². The number of benzene rings is 2. The van der Waals surface area contributed by atoms with Gasteiger partial charge >= 0.3 is 0 Å². The van der Waals surface area contributed by atoms with Gasteiger partial charge in [-0.1, -0.05) is 66.8 Å². The van der Waals surface area contributed by atoms with Crippen LogP contribution in [0.2, 0.25) is 0 Å². The standard InChI is InChI=1S/C27H34O/c1-3-5-6-20-28-21-23-10-14-25(15-11-23)27-18-16-26(17-19-27)24-12-8-22(7-4-2)9-13-24/h3-5,10-11,14-19,22,24H,2,6-9,12-13,20-21H2,1H3. The maximum atomic E-state index is 5.72. The van der Waals surface area contributed by atoms with Crippen molar-refractivity contribution in [3.05, 3.63) is 84.5 Å². The molecule has 1 heteroatoms. The molecule has 1 aliphatic rings. The first kappa shape index (κ1) is 20.6. The molecule has 0 N–H and O–H groups in total. The summed E-state index contributed by atoms with van der Waals surface area (Å²) in [6.07, 6.45) is 13.8. The molecule has 0 unspecified atom stereocenters. The zero-order valence-corrected chi connectivity index (χ0v) is 17.3. The molecule has 0 saturated heterocycles. The van der Waals surface area contributed by atoms with Crippen LogP contribution in [0, 0.1) is 5.92 Å². The highest BCUT2D eigenvalue weighted by molar-refractivity contribution is 5.64. The van der Waals surface area contributed by atoms with E-state index in [1.165, 1.54) is 54.4 Å². The average molecular weight is 375 g/mol. The maximum absolute atomic E-state index is 5.72. The summed E-state index contributed by atoms with van der Waals surface area (Å²) in [7, 11) is 0. The molecule has 2 aromatic carbocycles. The lowest BCUT2D eigenvalue weighted by Crippen LogP contribution is -2.12. The molecule has 0 spiro atoms. The average Bonchev–Trinajstić information content (AvgIpc) is 2.75. The molecule has 2 aromatic rings. The van der Waals surface area contributed by atoms with E-state index in [4.69, 9.17) is 4.74 Å². The minimum absolute atomic E-state index is 0.686. The lowest BCUT2D eigenvalue weighted by atomic mass is 9.77. The Balaban J connectivity index is 1.52. The van der Waals surface area contributed by atoms with Gasteiger partial charge in [-0.3, -0.25) is 0 Å². The van der Waals surface area contributed by atoms with Gasteiger partial charge in [0.05, 0.1) is 13.2 Å². The number of rotatable bonds is 9. The molecule has 0 aliphatic heterocycles. The molecule has 28 heavy (non-hydrogen) atoms. The van der Waals surface area contributed by atoms with Gasteiger partial charge in [0.25, 0.3) is 0 Å². The lowest BCUT2D eigenvalue weighted by Gasteiger charge is -2.28. The highest BCUT2D eigenvalue weighted by Gasteiger charge is 2.21. The number of allylic oxidation sites excluding steroid dienone is 2. The van der Waals surface area contributed by atoms with Crippen molar-refractivity contribution in [2.24, 2.45) is 5.92 Å². The van der Waals surface area contributed by atoms with E-state index >= 15 is 0 Å². The van der Waals surface area contributed by atoms with Crippen LogP contribution < -0.4 is 0 Å². The van der Waals surface area contributed by atoms with E-state index in [2.05, 4.69) is 73.3 Å². The van der Waals surface area contributed by atoms with E-state index in [-0.39, 0.29) is 0 Å². The molecule has 0 amide bonds. The molecule has 1 fully saturated rings. The van der Waals surface area contributed by atoms with E-state index in [0.717, 1.165) is 24.9 Å². The second kappa shape index (κ2) is 11.0. The van der Waals surface area contributed by atoms with Gasteiger partial charge in [-0.2, -0.15) is 0 Å². The second-order valence-electron chi connectivity index (χ2n) is 7.97. The van der Waals surface area contributed by atoms with Crippen LogP contribution in [0.3, 0.4) is 0 Å².